The lowest BCUT2D eigenvalue weighted by atomic mass is 10.2. The summed E-state index contributed by atoms with van der Waals surface area (Å²) in [6.07, 6.45) is 2.50. The molecule has 0 aromatic carbocycles. The summed E-state index contributed by atoms with van der Waals surface area (Å²) in [7, 11) is 0. The quantitative estimate of drug-likeness (QED) is 0.793. The highest BCUT2D eigenvalue weighted by atomic mass is 16.4. The van der Waals surface area contributed by atoms with E-state index in [1.165, 1.54) is 0 Å². The number of hydrogen-bond acceptors (Lipinski definition) is 5. The lowest BCUT2D eigenvalue weighted by molar-refractivity contribution is 0.496. The predicted molar refractivity (Wildman–Crippen MR) is 64.5 cm³/mol. The molecule has 0 saturated carbocycles. The Bertz CT molecular complexity index is 481. The molecular weight excluding hydrogens is 216 g/mol. The van der Waals surface area contributed by atoms with Gasteiger partial charge in [0.2, 0.25) is 11.8 Å². The fraction of sp³-hybridized carbons (Fsp3) is 0.417. The van der Waals surface area contributed by atoms with Gasteiger partial charge in [-0.25, -0.2) is 0 Å². The van der Waals surface area contributed by atoms with Gasteiger partial charge in [0.1, 0.15) is 0 Å². The van der Waals surface area contributed by atoms with Crippen molar-refractivity contribution in [2.75, 3.05) is 13.1 Å². The van der Waals surface area contributed by atoms with E-state index in [1.54, 1.807) is 6.20 Å². The maximum absolute atomic E-state index is 5.59. The van der Waals surface area contributed by atoms with Gasteiger partial charge in [-0.1, -0.05) is 6.92 Å². The summed E-state index contributed by atoms with van der Waals surface area (Å²) in [6.45, 7) is 5.79. The normalized spacial score (nSPS) is 10.7. The van der Waals surface area contributed by atoms with Gasteiger partial charge >= 0.3 is 0 Å². The van der Waals surface area contributed by atoms with Crippen LogP contribution in [0.25, 0.3) is 11.5 Å². The van der Waals surface area contributed by atoms with Crippen LogP contribution in [-0.4, -0.2) is 28.3 Å². The van der Waals surface area contributed by atoms with E-state index in [0.717, 1.165) is 30.8 Å². The van der Waals surface area contributed by atoms with Gasteiger partial charge in [0.15, 0.2) is 0 Å². The first-order valence-corrected chi connectivity index (χ1v) is 5.76. The SMILES string of the molecule is CCNCCc1nnc(-c2cccnc2C)o1. The van der Waals surface area contributed by atoms with Gasteiger partial charge < -0.3 is 9.73 Å². The zero-order valence-electron chi connectivity index (χ0n) is 10.1. The fourth-order valence-electron chi connectivity index (χ4n) is 1.55. The molecule has 0 saturated heterocycles. The Morgan fingerprint density at radius 2 is 2.24 bits per heavy atom. The topological polar surface area (TPSA) is 63.8 Å². The third-order valence-corrected chi connectivity index (χ3v) is 2.47. The minimum Gasteiger partial charge on any atom is -0.421 e. The third-order valence-electron chi connectivity index (χ3n) is 2.47. The summed E-state index contributed by atoms with van der Waals surface area (Å²) < 4.78 is 5.59. The van der Waals surface area contributed by atoms with Crippen molar-refractivity contribution in [2.45, 2.75) is 20.3 Å². The van der Waals surface area contributed by atoms with Crippen LogP contribution in [0, 0.1) is 6.92 Å². The second kappa shape index (κ2) is 5.54. The van der Waals surface area contributed by atoms with Crippen molar-refractivity contribution < 1.29 is 4.42 Å². The molecule has 0 unspecified atom stereocenters. The smallest absolute Gasteiger partial charge is 0.249 e. The van der Waals surface area contributed by atoms with Crippen LogP contribution in [0.4, 0.5) is 0 Å². The van der Waals surface area contributed by atoms with Gasteiger partial charge in [0.25, 0.3) is 0 Å². The number of likely N-dealkylation sites (N-methyl/N-ethyl adjacent to an activating group) is 1. The number of nitrogens with one attached hydrogen (secondary N) is 1. The van der Waals surface area contributed by atoms with Gasteiger partial charge in [-0.15, -0.1) is 10.2 Å². The number of aryl methyl sites for hydroxylation is 1. The highest BCUT2D eigenvalue weighted by Gasteiger charge is 2.10. The largest absolute Gasteiger partial charge is 0.421 e. The Labute approximate surface area is 100 Å². The molecule has 1 N–H and O–H groups in total. The molecule has 5 nitrogen and oxygen atoms in total. The van der Waals surface area contributed by atoms with Gasteiger partial charge in [-0.05, 0) is 25.6 Å². The van der Waals surface area contributed by atoms with E-state index in [0.29, 0.717) is 11.8 Å². The molecule has 0 aliphatic carbocycles. The van der Waals surface area contributed by atoms with Crippen LogP contribution < -0.4 is 5.32 Å². The molecule has 0 bridgehead atoms. The molecule has 5 heteroatoms. The number of aromatic nitrogens is 3. The van der Waals surface area contributed by atoms with E-state index in [1.807, 2.05) is 19.1 Å². The molecule has 0 aliphatic heterocycles. The van der Waals surface area contributed by atoms with Gasteiger partial charge in [0, 0.05) is 24.9 Å². The Morgan fingerprint density at radius 1 is 1.35 bits per heavy atom. The molecule has 2 aromatic heterocycles. The Kier molecular flexibility index (Phi) is 3.82. The monoisotopic (exact) mass is 232 g/mol. The zero-order valence-corrected chi connectivity index (χ0v) is 10.1. The van der Waals surface area contributed by atoms with E-state index in [4.69, 9.17) is 4.42 Å². The highest BCUT2D eigenvalue weighted by Crippen LogP contribution is 2.19. The van der Waals surface area contributed by atoms with Crippen molar-refractivity contribution in [1.82, 2.24) is 20.5 Å². The van der Waals surface area contributed by atoms with E-state index in [-0.39, 0.29) is 0 Å². The Balaban J connectivity index is 2.10. The van der Waals surface area contributed by atoms with Crippen molar-refractivity contribution >= 4 is 0 Å². The first kappa shape index (κ1) is 11.7. The molecule has 17 heavy (non-hydrogen) atoms. The molecule has 90 valence electrons. The van der Waals surface area contributed by atoms with E-state index in [2.05, 4.69) is 27.4 Å². The molecule has 0 radical (unpaired) electrons. The summed E-state index contributed by atoms with van der Waals surface area (Å²) in [5, 5.41) is 11.3. The second-order valence-electron chi connectivity index (χ2n) is 3.74. The Hall–Kier alpha value is -1.75. The summed E-state index contributed by atoms with van der Waals surface area (Å²) in [5.41, 5.74) is 1.80. The predicted octanol–water partition coefficient (Wildman–Crippen LogP) is 1.59. The first-order chi connectivity index (χ1) is 8.31. The van der Waals surface area contributed by atoms with Crippen LogP contribution in [0.3, 0.4) is 0 Å². The van der Waals surface area contributed by atoms with Crippen LogP contribution in [0.15, 0.2) is 22.7 Å². The maximum atomic E-state index is 5.59. The number of pyridine rings is 1. The van der Waals surface area contributed by atoms with E-state index < -0.39 is 0 Å². The van der Waals surface area contributed by atoms with Crippen LogP contribution in [0.2, 0.25) is 0 Å². The van der Waals surface area contributed by atoms with Crippen molar-refractivity contribution in [2.24, 2.45) is 0 Å². The zero-order chi connectivity index (χ0) is 12.1. The average molecular weight is 232 g/mol. The molecule has 2 aromatic rings. The summed E-state index contributed by atoms with van der Waals surface area (Å²) in [5.74, 6) is 1.20. The molecule has 0 amide bonds. The summed E-state index contributed by atoms with van der Waals surface area (Å²) in [6, 6.07) is 3.80. The minimum atomic E-state index is 0.544. The molecule has 0 spiro atoms. The van der Waals surface area contributed by atoms with E-state index in [9.17, 15) is 0 Å². The van der Waals surface area contributed by atoms with Crippen molar-refractivity contribution in [1.29, 1.82) is 0 Å². The van der Waals surface area contributed by atoms with Gasteiger partial charge in [0.05, 0.1) is 5.56 Å². The van der Waals surface area contributed by atoms with Gasteiger partial charge in [-0.3, -0.25) is 4.98 Å². The molecule has 2 rings (SSSR count). The lowest BCUT2D eigenvalue weighted by Gasteiger charge is -1.98. The fourth-order valence-corrected chi connectivity index (χ4v) is 1.55. The summed E-state index contributed by atoms with van der Waals surface area (Å²) >= 11 is 0. The van der Waals surface area contributed by atoms with Crippen molar-refractivity contribution in [3.05, 3.63) is 29.9 Å². The van der Waals surface area contributed by atoms with Crippen molar-refractivity contribution in [3.63, 3.8) is 0 Å². The van der Waals surface area contributed by atoms with Gasteiger partial charge in [-0.2, -0.15) is 0 Å². The number of nitrogens with zero attached hydrogens (tertiary/aromatic N) is 3. The maximum Gasteiger partial charge on any atom is 0.249 e. The molecule has 0 atom stereocenters. The lowest BCUT2D eigenvalue weighted by Crippen LogP contribution is -2.16. The molecular formula is C12H16N4O. The molecule has 0 fully saturated rings. The molecule has 0 aliphatic rings. The van der Waals surface area contributed by atoms with E-state index >= 15 is 0 Å². The van der Waals surface area contributed by atoms with Crippen LogP contribution in [-0.2, 0) is 6.42 Å². The minimum absolute atomic E-state index is 0.544. The highest BCUT2D eigenvalue weighted by molar-refractivity contribution is 5.54. The first-order valence-electron chi connectivity index (χ1n) is 5.76. The van der Waals surface area contributed by atoms with Crippen LogP contribution in [0.5, 0.6) is 0 Å². The van der Waals surface area contributed by atoms with Crippen LogP contribution >= 0.6 is 0 Å². The standard InChI is InChI=1S/C12H16N4O/c1-3-13-8-6-11-15-16-12(17-11)10-5-4-7-14-9(10)2/h4-5,7,13H,3,6,8H2,1-2H3. The third kappa shape index (κ3) is 2.88. The number of rotatable bonds is 5. The summed E-state index contributed by atoms with van der Waals surface area (Å²) in [4.78, 5) is 4.20. The second-order valence-corrected chi connectivity index (χ2v) is 3.74. The van der Waals surface area contributed by atoms with Crippen LogP contribution in [0.1, 0.15) is 18.5 Å². The molecule has 2 heterocycles. The average Bonchev–Trinajstić information content (AvgIpc) is 2.79. The van der Waals surface area contributed by atoms with Crippen molar-refractivity contribution in [3.8, 4) is 11.5 Å². The Morgan fingerprint density at radius 3 is 3.00 bits per heavy atom. The number of hydrogen-bond donors (Lipinski definition) is 1.